The molecule has 5 heteroatoms. The van der Waals surface area contributed by atoms with Crippen LogP contribution in [0.1, 0.15) is 43.2 Å². The molecule has 0 amide bonds. The minimum atomic E-state index is -1.27. The topological polar surface area (TPSA) is 25.8 Å². The van der Waals surface area contributed by atoms with Gasteiger partial charge < -0.3 is 9.97 Å². The third kappa shape index (κ3) is 7.80. The Morgan fingerprint density at radius 3 is 2.27 bits per heavy atom. The predicted molar refractivity (Wildman–Crippen MR) is 220 cm³/mol. The first-order chi connectivity index (χ1) is 24.8. The summed E-state index contributed by atoms with van der Waals surface area (Å²) in [6, 6.07) is 43.3. The minimum absolute atomic E-state index is 0. The summed E-state index contributed by atoms with van der Waals surface area (Å²) in [5, 5.41) is 4.08. The number of rotatable bonds is 6. The van der Waals surface area contributed by atoms with E-state index >= 15 is 0 Å². The molecule has 3 fully saturated rings. The van der Waals surface area contributed by atoms with Gasteiger partial charge in [-0.15, -0.1) is 59.7 Å². The van der Waals surface area contributed by atoms with E-state index in [4.69, 9.17) is 4.98 Å². The van der Waals surface area contributed by atoms with Crippen LogP contribution in [0.3, 0.4) is 0 Å². The number of fused-ring (bicyclic) bond motifs is 6. The first-order valence-corrected chi connectivity index (χ1v) is 22.9. The minimum Gasteiger partial charge on any atom is -0.305 e. The monoisotopic (exact) mass is 891 g/mol. The number of hydrogen-bond donors (Lipinski definition) is 0. The first kappa shape index (κ1) is 36.6. The third-order valence-electron chi connectivity index (χ3n) is 11.2. The van der Waals surface area contributed by atoms with Crippen molar-refractivity contribution in [3.63, 3.8) is 0 Å². The second kappa shape index (κ2) is 15.7. The Balaban J connectivity index is 0.000000198. The van der Waals surface area contributed by atoms with Gasteiger partial charge in [-0.05, 0) is 100 Å². The summed E-state index contributed by atoms with van der Waals surface area (Å²) < 4.78 is 2.62. The van der Waals surface area contributed by atoms with Gasteiger partial charge in [-0.3, -0.25) is 0 Å². The van der Waals surface area contributed by atoms with Crippen LogP contribution in [0.2, 0.25) is 19.6 Å². The van der Waals surface area contributed by atoms with E-state index in [1.165, 1.54) is 86.1 Å². The Morgan fingerprint density at radius 2 is 1.56 bits per heavy atom. The first-order valence-electron chi connectivity index (χ1n) is 18.6. The van der Waals surface area contributed by atoms with Gasteiger partial charge in [-0.1, -0.05) is 104 Å². The van der Waals surface area contributed by atoms with Crippen LogP contribution in [0.5, 0.6) is 0 Å². The molecule has 2 bridgehead atoms. The number of thiophene rings is 1. The predicted octanol–water partition coefficient (Wildman–Crippen LogP) is 12.4. The van der Waals surface area contributed by atoms with Crippen LogP contribution in [-0.4, -0.2) is 18.0 Å². The van der Waals surface area contributed by atoms with Gasteiger partial charge in [-0.2, -0.15) is 11.3 Å². The van der Waals surface area contributed by atoms with Crippen LogP contribution in [0, 0.1) is 36.8 Å². The van der Waals surface area contributed by atoms with Gasteiger partial charge in [0.25, 0.3) is 0 Å². The van der Waals surface area contributed by atoms with E-state index in [0.29, 0.717) is 0 Å². The molecule has 265 valence electrons. The van der Waals surface area contributed by atoms with E-state index < -0.39 is 8.07 Å². The molecular weight excluding hydrogens is 845 g/mol. The Morgan fingerprint density at radius 1 is 0.750 bits per heavy atom. The molecule has 3 saturated carbocycles. The average Bonchev–Trinajstić information content (AvgIpc) is 3.54. The summed E-state index contributed by atoms with van der Waals surface area (Å²) in [6.45, 7) is 9.24. The van der Waals surface area contributed by atoms with Gasteiger partial charge in [-0.25, -0.2) is 0 Å². The molecule has 1 atom stereocenters. The fourth-order valence-corrected chi connectivity index (χ4v) is 11.5. The summed E-state index contributed by atoms with van der Waals surface area (Å²) in [6.07, 6.45) is 12.6. The standard InChI is InChI=1S/C32H28NS.C15H18NSi.Ir/c1-2-5-23(6-3-1)25-13-14-27-28-7-4-8-29(32(28)34-31(27)20-25)30-19-22(15-16-33-30)18-26-17-21-9-11-24(26)12-10-21;1-12-10-14(13-8-6-5-7-9-13)16-11-15(12)17(2,3)4;/h1-7,13-16,19-21,24,26H,9-12,17-18H2;5-8,10-11H,1-4H3;/q2*-1;. The number of aromatic nitrogens is 2. The van der Waals surface area contributed by atoms with Crippen molar-refractivity contribution in [3.05, 3.63) is 139 Å². The number of benzene rings is 4. The Kier molecular flexibility index (Phi) is 11.1. The van der Waals surface area contributed by atoms with Crippen molar-refractivity contribution in [1.29, 1.82) is 0 Å². The molecule has 52 heavy (non-hydrogen) atoms. The van der Waals surface area contributed by atoms with E-state index in [2.05, 4.69) is 135 Å². The van der Waals surface area contributed by atoms with E-state index in [1.807, 2.05) is 35.7 Å². The number of aryl methyl sites for hydroxylation is 1. The largest absolute Gasteiger partial charge is 0.305 e. The SMILES string of the molecule is Cc1cc(-c2[c-]cccc2)ncc1[Si](C)(C)C.[Ir].[c-]1ccc2c(sc3cc(-c4ccccc4)ccc32)c1-c1cc(CC2CC3CCC2CC3)ccn1. The molecule has 0 aliphatic heterocycles. The molecule has 0 saturated heterocycles. The Bertz CT molecular complexity index is 2280. The quantitative estimate of drug-likeness (QED) is 0.123. The van der Waals surface area contributed by atoms with Gasteiger partial charge in [0.2, 0.25) is 0 Å². The second-order valence-electron chi connectivity index (χ2n) is 15.7. The van der Waals surface area contributed by atoms with Crippen molar-refractivity contribution in [2.45, 2.75) is 65.1 Å². The van der Waals surface area contributed by atoms with Crippen molar-refractivity contribution in [1.82, 2.24) is 9.97 Å². The fourth-order valence-electron chi connectivity index (χ4n) is 8.59. The number of pyridine rings is 2. The van der Waals surface area contributed by atoms with Crippen molar-refractivity contribution >= 4 is 44.8 Å². The molecular formula is C47H46IrN2SSi-2. The van der Waals surface area contributed by atoms with Crippen molar-refractivity contribution in [2.24, 2.45) is 17.8 Å². The van der Waals surface area contributed by atoms with Gasteiger partial charge in [0.15, 0.2) is 0 Å². The molecule has 4 aromatic carbocycles. The number of nitrogens with zero attached hydrogens (tertiary/aromatic N) is 2. The van der Waals surface area contributed by atoms with Gasteiger partial charge in [0.05, 0.1) is 8.07 Å². The molecule has 0 spiro atoms. The molecule has 3 heterocycles. The van der Waals surface area contributed by atoms with Crippen LogP contribution in [-0.2, 0) is 26.5 Å². The van der Waals surface area contributed by atoms with E-state index in [1.54, 1.807) is 0 Å². The van der Waals surface area contributed by atoms with E-state index in [-0.39, 0.29) is 20.1 Å². The summed E-state index contributed by atoms with van der Waals surface area (Å²) in [5.74, 6) is 2.79. The molecule has 3 aliphatic rings. The molecule has 3 aromatic heterocycles. The molecule has 2 nitrogen and oxygen atoms in total. The van der Waals surface area contributed by atoms with Gasteiger partial charge in [0, 0.05) is 37.2 Å². The summed E-state index contributed by atoms with van der Waals surface area (Å²) in [4.78, 5) is 9.39. The Hall–Kier alpha value is -3.73. The molecule has 1 radical (unpaired) electrons. The van der Waals surface area contributed by atoms with Crippen molar-refractivity contribution in [2.75, 3.05) is 0 Å². The molecule has 7 aromatic rings. The van der Waals surface area contributed by atoms with Crippen LogP contribution < -0.4 is 5.19 Å². The summed E-state index contributed by atoms with van der Waals surface area (Å²) >= 11 is 1.87. The Labute approximate surface area is 328 Å². The normalized spacial score (nSPS) is 18.1. The molecule has 1 unspecified atom stereocenters. The average molecular weight is 891 g/mol. The van der Waals surface area contributed by atoms with Crippen LogP contribution in [0.15, 0.2) is 116 Å². The zero-order valence-electron chi connectivity index (χ0n) is 30.6. The maximum absolute atomic E-state index is 4.81. The van der Waals surface area contributed by atoms with Gasteiger partial charge >= 0.3 is 0 Å². The van der Waals surface area contributed by atoms with Crippen LogP contribution in [0.25, 0.3) is 53.8 Å². The third-order valence-corrected chi connectivity index (χ3v) is 14.5. The number of hydrogen-bond acceptors (Lipinski definition) is 3. The van der Waals surface area contributed by atoms with E-state index in [0.717, 1.165) is 40.3 Å². The molecule has 3 aliphatic carbocycles. The maximum atomic E-state index is 4.81. The molecule has 10 rings (SSSR count). The molecule has 0 N–H and O–H groups in total. The van der Waals surface area contributed by atoms with E-state index in [9.17, 15) is 0 Å². The summed E-state index contributed by atoms with van der Waals surface area (Å²) in [5.41, 5.74) is 9.63. The van der Waals surface area contributed by atoms with Crippen LogP contribution in [0.4, 0.5) is 0 Å². The zero-order valence-corrected chi connectivity index (χ0v) is 34.8. The smallest absolute Gasteiger partial charge is 0.0798 e. The maximum Gasteiger partial charge on any atom is 0.0798 e. The van der Waals surface area contributed by atoms with Crippen molar-refractivity contribution in [3.8, 4) is 33.6 Å². The van der Waals surface area contributed by atoms with Gasteiger partial charge in [0.1, 0.15) is 0 Å². The van der Waals surface area contributed by atoms with Crippen molar-refractivity contribution < 1.29 is 20.1 Å². The van der Waals surface area contributed by atoms with Crippen LogP contribution >= 0.6 is 11.3 Å². The second-order valence-corrected chi connectivity index (χ2v) is 21.8. The zero-order chi connectivity index (χ0) is 35.0. The fraction of sp³-hybridized carbons (Fsp3) is 0.277. The summed E-state index contributed by atoms with van der Waals surface area (Å²) in [7, 11) is -1.27.